The van der Waals surface area contributed by atoms with E-state index < -0.39 is 73.5 Å². The number of aliphatic hydroxyl groups excluding tert-OH is 1. The molecule has 2 aromatic rings. The molecule has 0 aromatic carbocycles. The van der Waals surface area contributed by atoms with Gasteiger partial charge in [-0.15, -0.1) is 0 Å². The summed E-state index contributed by atoms with van der Waals surface area (Å²) in [5.74, 6) is -1.53. The maximum absolute atomic E-state index is 13.9. The van der Waals surface area contributed by atoms with Crippen LogP contribution < -0.4 is 26.2 Å². The maximum atomic E-state index is 13.9. The number of nitrogen functional groups attached to an aromatic ring is 1. The monoisotopic (exact) mass is 632 g/mol. The van der Waals surface area contributed by atoms with Crippen LogP contribution in [0.4, 0.5) is 10.7 Å². The minimum Gasteiger partial charge on any atom is -0.479 e. The zero-order valence-electron chi connectivity index (χ0n) is 23.3. The fraction of sp³-hybridized carbons (Fsp3) is 0.636. The third-order valence-corrected chi connectivity index (χ3v) is 10.5. The second-order valence-corrected chi connectivity index (χ2v) is 14.4. The highest BCUT2D eigenvalue weighted by atomic mass is 32.7. The third kappa shape index (κ3) is 6.61. The smallest absolute Gasteiger partial charge is 0.327 e. The molecule has 42 heavy (non-hydrogen) atoms. The lowest BCUT2D eigenvalue weighted by Crippen LogP contribution is -2.44. The molecule has 2 aliphatic heterocycles. The van der Waals surface area contributed by atoms with Gasteiger partial charge in [-0.3, -0.25) is 24.0 Å². The maximum Gasteiger partial charge on any atom is 0.327 e. The SMILES string of the molecule is COc1nc(N)nc2c1ncn2[C@@H]1O[C@H](CO[P@](=O)(N[C@@H](C)C(=O)OC(C)C)SC[C@H]2NC(=O)NC2=O)[C@@H](O)[C@@]1(C)O. The van der Waals surface area contributed by atoms with Crippen LogP contribution in [0.1, 0.15) is 33.9 Å². The largest absolute Gasteiger partial charge is 0.479 e. The Kier molecular flexibility index (Phi) is 9.31. The van der Waals surface area contributed by atoms with Crippen molar-refractivity contribution in [2.45, 2.75) is 69.9 Å². The van der Waals surface area contributed by atoms with Crippen molar-refractivity contribution in [3.8, 4) is 5.88 Å². The molecular weight excluding hydrogens is 599 g/mol. The first-order valence-electron chi connectivity index (χ1n) is 12.7. The molecule has 2 fully saturated rings. The van der Waals surface area contributed by atoms with Gasteiger partial charge in [0.05, 0.1) is 26.1 Å². The molecule has 0 aliphatic carbocycles. The molecule has 18 nitrogen and oxygen atoms in total. The average molecular weight is 633 g/mol. The standard InChI is InChI=1S/C22H33N8O10PS/c1-9(2)39-18(33)10(3)29-41(36,42-7-11-16(32)27-21(34)25-11)38-6-12-14(31)22(4,35)19(40-12)30-8-24-13-15(30)26-20(23)28-17(13)37-5/h8-12,14,19,31,35H,6-7H2,1-5H3,(H,29,36)(H2,23,26,28)(H2,25,27,32,34)/t10-,11+,12+,14+,19+,22+,41+/m0/s1. The molecule has 7 atom stereocenters. The fourth-order valence-electron chi connectivity index (χ4n) is 4.25. The number of methoxy groups -OCH3 is 1. The number of ether oxygens (including phenoxy) is 3. The van der Waals surface area contributed by atoms with E-state index in [0.717, 1.165) is 0 Å². The quantitative estimate of drug-likeness (QED) is 0.0972. The van der Waals surface area contributed by atoms with Crippen LogP contribution >= 0.6 is 18.1 Å². The Morgan fingerprint density at radius 1 is 1.36 bits per heavy atom. The van der Waals surface area contributed by atoms with E-state index in [4.69, 9.17) is 24.5 Å². The first-order valence-corrected chi connectivity index (χ1v) is 16.0. The van der Waals surface area contributed by atoms with Crippen LogP contribution in [0.25, 0.3) is 11.2 Å². The van der Waals surface area contributed by atoms with Gasteiger partial charge in [-0.1, -0.05) is 11.4 Å². The molecule has 0 unspecified atom stereocenters. The lowest BCUT2D eigenvalue weighted by atomic mass is 9.96. The third-order valence-electron chi connectivity index (χ3n) is 6.34. The minimum atomic E-state index is -4.04. The number of nitrogens with one attached hydrogen (secondary N) is 3. The molecular formula is C22H33N8O10PS. The number of imide groups is 1. The van der Waals surface area contributed by atoms with Crippen LogP contribution in [0.15, 0.2) is 6.33 Å². The summed E-state index contributed by atoms with van der Waals surface area (Å²) >= 11 is 0.661. The molecule has 0 spiro atoms. The van der Waals surface area contributed by atoms with E-state index in [1.54, 1.807) is 13.8 Å². The van der Waals surface area contributed by atoms with Gasteiger partial charge in [0, 0.05) is 5.75 Å². The van der Waals surface area contributed by atoms with Gasteiger partial charge in [0.25, 0.3) is 5.91 Å². The Labute approximate surface area is 243 Å². The summed E-state index contributed by atoms with van der Waals surface area (Å²) in [6, 6.07) is -2.80. The lowest BCUT2D eigenvalue weighted by molar-refractivity contribution is -0.149. The molecule has 2 saturated heterocycles. The molecule has 2 aliphatic rings. The fourth-order valence-corrected chi connectivity index (χ4v) is 8.12. The van der Waals surface area contributed by atoms with Crippen LogP contribution in [0.2, 0.25) is 0 Å². The molecule has 232 valence electrons. The van der Waals surface area contributed by atoms with Gasteiger partial charge in [0.2, 0.25) is 11.8 Å². The molecule has 0 radical (unpaired) electrons. The highest BCUT2D eigenvalue weighted by molar-refractivity contribution is 8.56. The number of nitrogens with two attached hydrogens (primary N) is 1. The number of hydrogen-bond donors (Lipinski definition) is 6. The summed E-state index contributed by atoms with van der Waals surface area (Å²) in [7, 11) is 1.38. The van der Waals surface area contributed by atoms with Crippen LogP contribution in [0.3, 0.4) is 0 Å². The predicted molar refractivity (Wildman–Crippen MR) is 147 cm³/mol. The highest BCUT2D eigenvalue weighted by Crippen LogP contribution is 2.57. The lowest BCUT2D eigenvalue weighted by Gasteiger charge is -2.27. The van der Waals surface area contributed by atoms with Gasteiger partial charge < -0.3 is 40.0 Å². The number of esters is 1. The van der Waals surface area contributed by atoms with Gasteiger partial charge in [-0.05, 0) is 27.7 Å². The summed E-state index contributed by atoms with van der Waals surface area (Å²) in [5, 5.41) is 29.3. The number of amides is 3. The van der Waals surface area contributed by atoms with E-state index >= 15 is 0 Å². The molecule has 0 bridgehead atoms. The Morgan fingerprint density at radius 3 is 2.69 bits per heavy atom. The molecule has 4 heterocycles. The highest BCUT2D eigenvalue weighted by Gasteiger charge is 2.54. The van der Waals surface area contributed by atoms with Gasteiger partial charge >= 0.3 is 18.7 Å². The number of rotatable bonds is 12. The number of anilines is 1. The summed E-state index contributed by atoms with van der Waals surface area (Å²) in [6.45, 7) is 1.48. The van der Waals surface area contributed by atoms with Crippen molar-refractivity contribution >= 4 is 53.1 Å². The Bertz CT molecular complexity index is 1410. The van der Waals surface area contributed by atoms with E-state index in [1.807, 2.05) is 0 Å². The van der Waals surface area contributed by atoms with Crippen molar-refractivity contribution in [1.29, 1.82) is 0 Å². The summed E-state index contributed by atoms with van der Waals surface area (Å²) in [5.41, 5.74) is 4.26. The van der Waals surface area contributed by atoms with Crippen LogP contribution in [0.5, 0.6) is 5.88 Å². The van der Waals surface area contributed by atoms with E-state index in [-0.39, 0.29) is 28.7 Å². The Balaban J connectivity index is 1.53. The second kappa shape index (κ2) is 12.3. The van der Waals surface area contributed by atoms with Crippen molar-refractivity contribution in [3.63, 3.8) is 0 Å². The van der Waals surface area contributed by atoms with Crippen LogP contribution in [-0.2, 0) is 28.2 Å². The van der Waals surface area contributed by atoms with Crippen molar-refractivity contribution in [1.82, 2.24) is 35.2 Å². The number of nitrogens with zero attached hydrogens (tertiary/aromatic N) is 4. The van der Waals surface area contributed by atoms with Crippen LogP contribution in [0, 0.1) is 0 Å². The Hall–Kier alpha value is -3.06. The van der Waals surface area contributed by atoms with Gasteiger partial charge in [0.15, 0.2) is 17.4 Å². The number of carbonyl (C=O) groups is 3. The summed E-state index contributed by atoms with van der Waals surface area (Å²) in [4.78, 5) is 48.2. The number of aliphatic hydroxyl groups is 2. The molecule has 4 rings (SSSR count). The normalized spacial score (nSPS) is 28.0. The number of hydrogen-bond acceptors (Lipinski definition) is 15. The van der Waals surface area contributed by atoms with Gasteiger partial charge in [-0.2, -0.15) is 9.97 Å². The zero-order valence-corrected chi connectivity index (χ0v) is 25.0. The molecule has 2 aromatic heterocycles. The van der Waals surface area contributed by atoms with Crippen molar-refractivity contribution < 1.29 is 47.9 Å². The van der Waals surface area contributed by atoms with E-state index in [2.05, 4.69) is 30.7 Å². The van der Waals surface area contributed by atoms with Gasteiger partial charge in [-0.25, -0.2) is 14.9 Å². The second-order valence-electron chi connectivity index (χ2n) is 10.1. The average Bonchev–Trinajstić information content (AvgIpc) is 3.53. The number of aromatic nitrogens is 4. The molecule has 3 amide bonds. The van der Waals surface area contributed by atoms with Crippen LogP contribution in [-0.4, -0.2) is 103 Å². The minimum absolute atomic E-state index is 0.0932. The number of urea groups is 1. The van der Waals surface area contributed by atoms with E-state index in [9.17, 15) is 29.2 Å². The number of imidazole rings is 1. The number of fused-ring (bicyclic) bond motifs is 1. The zero-order chi connectivity index (χ0) is 31.0. The van der Waals surface area contributed by atoms with Crippen molar-refractivity contribution in [2.24, 2.45) is 0 Å². The number of carbonyl (C=O) groups excluding carboxylic acids is 3. The van der Waals surface area contributed by atoms with Crippen molar-refractivity contribution in [2.75, 3.05) is 25.2 Å². The summed E-state index contributed by atoms with van der Waals surface area (Å²) < 4.78 is 37.2. The predicted octanol–water partition coefficient (Wildman–Crippen LogP) is -0.578. The van der Waals surface area contributed by atoms with Gasteiger partial charge in [0.1, 0.15) is 29.9 Å². The first kappa shape index (κ1) is 31.9. The molecule has 7 N–H and O–H groups in total. The van der Waals surface area contributed by atoms with Crippen molar-refractivity contribution in [3.05, 3.63) is 6.33 Å². The molecule has 20 heteroatoms. The summed E-state index contributed by atoms with van der Waals surface area (Å²) in [6.07, 6.45) is -3.16. The van der Waals surface area contributed by atoms with E-state index in [1.165, 1.54) is 31.9 Å². The molecule has 0 saturated carbocycles. The topological polar surface area (TPSA) is 251 Å². The van der Waals surface area contributed by atoms with E-state index in [0.29, 0.717) is 11.4 Å². The first-order chi connectivity index (χ1) is 19.6. The Morgan fingerprint density at radius 2 is 2.07 bits per heavy atom.